The highest BCUT2D eigenvalue weighted by atomic mass is 32.1. The van der Waals surface area contributed by atoms with E-state index in [2.05, 4.69) is 10.5 Å². The molecule has 0 saturated heterocycles. The lowest BCUT2D eigenvalue weighted by molar-refractivity contribution is -0.123. The van der Waals surface area contributed by atoms with Crippen LogP contribution in [0, 0.1) is 18.3 Å². The summed E-state index contributed by atoms with van der Waals surface area (Å²) in [7, 11) is 0. The van der Waals surface area contributed by atoms with Gasteiger partial charge in [-0.05, 0) is 38.1 Å². The summed E-state index contributed by atoms with van der Waals surface area (Å²) < 4.78 is 5.33. The van der Waals surface area contributed by atoms with Gasteiger partial charge in [-0.3, -0.25) is 4.79 Å². The normalized spacial score (nSPS) is 10.9. The van der Waals surface area contributed by atoms with Crippen molar-refractivity contribution in [2.24, 2.45) is 5.10 Å². The number of rotatable bonds is 5. The SMILES string of the molecule is C/C(=N/NC(=O)COc1ccccc1C#N)c1ccc(C)s1. The van der Waals surface area contributed by atoms with E-state index in [9.17, 15) is 4.79 Å². The molecule has 6 heteroatoms. The predicted octanol–water partition coefficient (Wildman–Crippen LogP) is 2.85. The van der Waals surface area contributed by atoms with E-state index in [-0.39, 0.29) is 12.5 Å². The fourth-order valence-corrected chi connectivity index (χ4v) is 2.50. The van der Waals surface area contributed by atoms with Crippen LogP contribution in [0.15, 0.2) is 41.5 Å². The summed E-state index contributed by atoms with van der Waals surface area (Å²) in [5.74, 6) is 0.00936. The van der Waals surface area contributed by atoms with Crippen LogP contribution in [0.1, 0.15) is 22.2 Å². The van der Waals surface area contributed by atoms with Crippen LogP contribution in [-0.4, -0.2) is 18.2 Å². The van der Waals surface area contributed by atoms with Gasteiger partial charge in [0.1, 0.15) is 11.8 Å². The highest BCUT2D eigenvalue weighted by Crippen LogP contribution is 2.16. The number of thiophene rings is 1. The number of carbonyl (C=O) groups excluding carboxylic acids is 1. The third kappa shape index (κ3) is 4.17. The topological polar surface area (TPSA) is 74.5 Å². The van der Waals surface area contributed by atoms with Crippen molar-refractivity contribution in [2.45, 2.75) is 13.8 Å². The Morgan fingerprint density at radius 1 is 1.36 bits per heavy atom. The summed E-state index contributed by atoms with van der Waals surface area (Å²) in [6, 6.07) is 12.7. The average molecular weight is 313 g/mol. The molecule has 112 valence electrons. The standard InChI is InChI=1S/C16H15N3O2S/c1-11-7-8-15(22-11)12(2)18-19-16(20)10-21-14-6-4-3-5-13(14)9-17/h3-8H,10H2,1-2H3,(H,19,20)/b18-12-. The summed E-state index contributed by atoms with van der Waals surface area (Å²) in [6.07, 6.45) is 0. The molecule has 0 bridgehead atoms. The zero-order valence-corrected chi connectivity index (χ0v) is 13.1. The summed E-state index contributed by atoms with van der Waals surface area (Å²) in [4.78, 5) is 13.9. The minimum Gasteiger partial charge on any atom is -0.482 e. The molecule has 0 aliphatic heterocycles. The van der Waals surface area contributed by atoms with Crippen molar-refractivity contribution in [3.63, 3.8) is 0 Å². The Kier molecular flexibility index (Phi) is 5.28. The molecule has 0 radical (unpaired) electrons. The lowest BCUT2D eigenvalue weighted by Gasteiger charge is -2.06. The van der Waals surface area contributed by atoms with Gasteiger partial charge in [0.05, 0.1) is 16.2 Å². The Labute approximate surface area is 132 Å². The molecule has 5 nitrogen and oxygen atoms in total. The average Bonchev–Trinajstić information content (AvgIpc) is 2.97. The van der Waals surface area contributed by atoms with Crippen LogP contribution >= 0.6 is 11.3 Å². The number of carbonyl (C=O) groups is 1. The Morgan fingerprint density at radius 3 is 2.82 bits per heavy atom. The van der Waals surface area contributed by atoms with Gasteiger partial charge < -0.3 is 4.74 Å². The van der Waals surface area contributed by atoms with E-state index >= 15 is 0 Å². The Hall–Kier alpha value is -2.65. The maximum atomic E-state index is 11.7. The Morgan fingerprint density at radius 2 is 2.14 bits per heavy atom. The Balaban J connectivity index is 1.90. The van der Waals surface area contributed by atoms with Crippen molar-refractivity contribution in [2.75, 3.05) is 6.61 Å². The van der Waals surface area contributed by atoms with Crippen molar-refractivity contribution in [3.05, 3.63) is 51.7 Å². The smallest absolute Gasteiger partial charge is 0.277 e. The zero-order chi connectivity index (χ0) is 15.9. The van der Waals surface area contributed by atoms with E-state index < -0.39 is 0 Å². The van der Waals surface area contributed by atoms with Gasteiger partial charge in [0.25, 0.3) is 5.91 Å². The summed E-state index contributed by atoms with van der Waals surface area (Å²) in [5.41, 5.74) is 3.58. The number of para-hydroxylation sites is 1. The second-order valence-corrected chi connectivity index (χ2v) is 5.83. The zero-order valence-electron chi connectivity index (χ0n) is 12.3. The lowest BCUT2D eigenvalue weighted by Crippen LogP contribution is -2.25. The molecule has 2 rings (SSSR count). The highest BCUT2D eigenvalue weighted by Gasteiger charge is 2.06. The van der Waals surface area contributed by atoms with Gasteiger partial charge in [-0.2, -0.15) is 10.4 Å². The lowest BCUT2D eigenvalue weighted by atomic mass is 10.2. The second kappa shape index (κ2) is 7.38. The van der Waals surface area contributed by atoms with Crippen LogP contribution in [-0.2, 0) is 4.79 Å². The number of hydrogen-bond acceptors (Lipinski definition) is 5. The second-order valence-electron chi connectivity index (χ2n) is 4.54. The first kappa shape index (κ1) is 15.7. The number of nitriles is 1. The number of hydrogen-bond donors (Lipinski definition) is 1. The minimum absolute atomic E-state index is 0.195. The first-order valence-corrected chi connectivity index (χ1v) is 7.43. The number of aryl methyl sites for hydroxylation is 1. The number of amides is 1. The van der Waals surface area contributed by atoms with Crippen LogP contribution < -0.4 is 10.2 Å². The number of nitrogens with one attached hydrogen (secondary N) is 1. The molecule has 0 unspecified atom stereocenters. The van der Waals surface area contributed by atoms with Crippen LogP contribution in [0.5, 0.6) is 5.75 Å². The van der Waals surface area contributed by atoms with E-state index in [1.807, 2.05) is 32.0 Å². The van der Waals surface area contributed by atoms with Gasteiger partial charge in [-0.25, -0.2) is 5.43 Å². The summed E-state index contributed by atoms with van der Waals surface area (Å²) >= 11 is 1.61. The molecule has 1 heterocycles. The third-order valence-electron chi connectivity index (χ3n) is 2.81. The van der Waals surface area contributed by atoms with Gasteiger partial charge in [0.2, 0.25) is 0 Å². The fraction of sp³-hybridized carbons (Fsp3) is 0.188. The van der Waals surface area contributed by atoms with Crippen LogP contribution in [0.2, 0.25) is 0 Å². The maximum Gasteiger partial charge on any atom is 0.277 e. The van der Waals surface area contributed by atoms with Crippen LogP contribution in [0.4, 0.5) is 0 Å². The number of ether oxygens (including phenoxy) is 1. The molecule has 0 aliphatic carbocycles. The molecule has 0 fully saturated rings. The van der Waals surface area contributed by atoms with Crippen molar-refractivity contribution in [1.29, 1.82) is 5.26 Å². The van der Waals surface area contributed by atoms with Crippen molar-refractivity contribution in [3.8, 4) is 11.8 Å². The van der Waals surface area contributed by atoms with Gasteiger partial charge >= 0.3 is 0 Å². The molecular weight excluding hydrogens is 298 g/mol. The van der Waals surface area contributed by atoms with Gasteiger partial charge in [0.15, 0.2) is 6.61 Å². The van der Waals surface area contributed by atoms with Crippen molar-refractivity contribution >= 4 is 23.0 Å². The van der Waals surface area contributed by atoms with E-state index in [0.717, 1.165) is 10.6 Å². The molecule has 1 amide bonds. The molecule has 1 aromatic heterocycles. The number of hydrazone groups is 1. The highest BCUT2D eigenvalue weighted by molar-refractivity contribution is 7.14. The fourth-order valence-electron chi connectivity index (χ4n) is 1.69. The minimum atomic E-state index is -0.375. The molecule has 1 N–H and O–H groups in total. The molecule has 0 atom stereocenters. The van der Waals surface area contributed by atoms with Crippen LogP contribution in [0.25, 0.3) is 0 Å². The van der Waals surface area contributed by atoms with Crippen molar-refractivity contribution < 1.29 is 9.53 Å². The first-order chi connectivity index (χ1) is 10.6. The predicted molar refractivity (Wildman–Crippen MR) is 86.1 cm³/mol. The van der Waals surface area contributed by atoms with E-state index in [1.54, 1.807) is 35.6 Å². The third-order valence-corrected chi connectivity index (χ3v) is 3.92. The monoisotopic (exact) mass is 313 g/mol. The van der Waals surface area contributed by atoms with Crippen molar-refractivity contribution in [1.82, 2.24) is 5.43 Å². The Bertz CT molecular complexity index is 744. The van der Waals surface area contributed by atoms with E-state index in [0.29, 0.717) is 11.3 Å². The molecule has 2 aromatic rings. The van der Waals surface area contributed by atoms with Gasteiger partial charge in [0, 0.05) is 4.88 Å². The molecule has 1 aromatic carbocycles. The van der Waals surface area contributed by atoms with Gasteiger partial charge in [-0.15, -0.1) is 11.3 Å². The molecular formula is C16H15N3O2S. The summed E-state index contributed by atoms with van der Waals surface area (Å²) in [5, 5.41) is 13.0. The number of benzene rings is 1. The first-order valence-electron chi connectivity index (χ1n) is 6.62. The molecule has 0 aliphatic rings. The molecule has 0 spiro atoms. The van der Waals surface area contributed by atoms with Gasteiger partial charge in [-0.1, -0.05) is 12.1 Å². The van der Waals surface area contributed by atoms with E-state index in [4.69, 9.17) is 10.00 Å². The number of nitrogens with zero attached hydrogens (tertiary/aromatic N) is 2. The molecule has 0 saturated carbocycles. The quantitative estimate of drug-likeness (QED) is 0.681. The van der Waals surface area contributed by atoms with E-state index in [1.165, 1.54) is 4.88 Å². The largest absolute Gasteiger partial charge is 0.482 e. The summed E-state index contributed by atoms with van der Waals surface area (Å²) in [6.45, 7) is 3.65. The maximum absolute atomic E-state index is 11.7. The van der Waals surface area contributed by atoms with Crippen LogP contribution in [0.3, 0.4) is 0 Å². The molecule has 22 heavy (non-hydrogen) atoms.